The predicted octanol–water partition coefficient (Wildman–Crippen LogP) is 12.7. The summed E-state index contributed by atoms with van der Waals surface area (Å²) in [5.41, 5.74) is 11.4. The highest BCUT2D eigenvalue weighted by atomic mass is 79.9. The average molecular weight is 839 g/mol. The summed E-state index contributed by atoms with van der Waals surface area (Å²) in [6.07, 6.45) is 0. The van der Waals surface area contributed by atoms with E-state index in [1.165, 1.54) is 54.3 Å². The number of halogens is 2. The van der Waals surface area contributed by atoms with Gasteiger partial charge < -0.3 is 9.84 Å². The minimum Gasteiger partial charge on any atom is -0.496 e. The summed E-state index contributed by atoms with van der Waals surface area (Å²) in [7, 11) is 1.80. The monoisotopic (exact) mass is 836 g/mol. The van der Waals surface area contributed by atoms with Gasteiger partial charge in [0.05, 0.1) is 32.1 Å². The van der Waals surface area contributed by atoms with Gasteiger partial charge in [-0.15, -0.1) is 22.7 Å². The van der Waals surface area contributed by atoms with Crippen LogP contribution in [0.4, 0.5) is 0 Å². The Bertz CT molecular complexity index is 2400. The van der Waals surface area contributed by atoms with E-state index in [0.717, 1.165) is 40.8 Å². The highest BCUT2D eigenvalue weighted by molar-refractivity contribution is 9.11. The Morgan fingerprint density at radius 2 is 0.923 bits per heavy atom. The van der Waals surface area contributed by atoms with Gasteiger partial charge in [-0.3, -0.25) is 0 Å². The van der Waals surface area contributed by atoms with Crippen LogP contribution in [0.2, 0.25) is 0 Å². The quantitative estimate of drug-likeness (QED) is 0.181. The van der Waals surface area contributed by atoms with Crippen LogP contribution in [0, 0.1) is 0 Å². The smallest absolute Gasteiger partial charge is 0.128 e. The molecule has 0 saturated carbocycles. The summed E-state index contributed by atoms with van der Waals surface area (Å²) < 4.78 is 8.65. The Balaban J connectivity index is 1.47. The van der Waals surface area contributed by atoms with Crippen LogP contribution in [-0.2, 0) is 17.4 Å². The van der Waals surface area contributed by atoms with E-state index in [9.17, 15) is 5.11 Å². The van der Waals surface area contributed by atoms with E-state index in [4.69, 9.17) is 4.74 Å². The molecule has 2 heterocycles. The second-order valence-electron chi connectivity index (χ2n) is 13.4. The van der Waals surface area contributed by atoms with Crippen LogP contribution in [0.25, 0.3) is 31.7 Å². The summed E-state index contributed by atoms with van der Waals surface area (Å²) in [5, 5.41) is 13.7. The van der Waals surface area contributed by atoms with E-state index in [1.54, 1.807) is 29.8 Å². The van der Waals surface area contributed by atoms with E-state index in [-0.39, 0.29) is 6.61 Å². The molecule has 0 fully saturated rings. The molecule has 0 aliphatic heterocycles. The van der Waals surface area contributed by atoms with Gasteiger partial charge in [0.15, 0.2) is 0 Å². The maximum absolute atomic E-state index is 11.5. The number of ether oxygens (including phenoxy) is 1. The summed E-state index contributed by atoms with van der Waals surface area (Å²) in [5.74, 6) is 0.845. The third-order valence-corrected chi connectivity index (χ3v) is 14.4. The van der Waals surface area contributed by atoms with Crippen LogP contribution in [0.15, 0.2) is 153 Å². The van der Waals surface area contributed by atoms with Gasteiger partial charge in [0, 0.05) is 20.9 Å². The number of aliphatic hydroxyl groups excluding tert-OH is 1. The second-order valence-corrected chi connectivity index (χ2v) is 18.3. The number of aliphatic hydroxyl groups is 1. The Morgan fingerprint density at radius 1 is 0.538 bits per heavy atom. The lowest BCUT2D eigenvalue weighted by molar-refractivity contribution is 0.282. The molecule has 2 aliphatic rings. The Morgan fingerprint density at radius 3 is 1.33 bits per heavy atom. The minimum atomic E-state index is -0.660. The molecule has 52 heavy (non-hydrogen) atoms. The highest BCUT2D eigenvalue weighted by Gasteiger charge is 2.53. The van der Waals surface area contributed by atoms with Gasteiger partial charge in [0.1, 0.15) is 5.75 Å². The predicted molar refractivity (Wildman–Crippen MR) is 222 cm³/mol. The van der Waals surface area contributed by atoms with Gasteiger partial charge in [-0.25, -0.2) is 0 Å². The fourth-order valence-corrected chi connectivity index (χ4v) is 12.8. The first-order valence-corrected chi connectivity index (χ1v) is 20.4. The molecule has 252 valence electrons. The van der Waals surface area contributed by atoms with Gasteiger partial charge in [0.2, 0.25) is 0 Å². The molecule has 1 N–H and O–H groups in total. The highest BCUT2D eigenvalue weighted by Crippen LogP contribution is 2.67. The van der Waals surface area contributed by atoms with Crippen LogP contribution in [0.3, 0.4) is 0 Å². The third kappa shape index (κ3) is 4.19. The van der Waals surface area contributed by atoms with Crippen LogP contribution >= 0.6 is 54.5 Å². The van der Waals surface area contributed by atoms with Crippen molar-refractivity contribution >= 4 is 65.3 Å². The first-order chi connectivity index (χ1) is 25.5. The largest absolute Gasteiger partial charge is 0.496 e. The van der Waals surface area contributed by atoms with Gasteiger partial charge in [-0.2, -0.15) is 0 Å². The zero-order valence-electron chi connectivity index (χ0n) is 28.0. The van der Waals surface area contributed by atoms with Crippen molar-refractivity contribution in [3.63, 3.8) is 0 Å². The van der Waals surface area contributed by atoms with E-state index in [0.29, 0.717) is 0 Å². The molecule has 0 atom stereocenters. The lowest BCUT2D eigenvalue weighted by Crippen LogP contribution is -2.30. The molecule has 2 nitrogen and oxygen atoms in total. The van der Waals surface area contributed by atoms with Crippen molar-refractivity contribution in [1.82, 2.24) is 0 Å². The molecular weight excluding hydrogens is 808 g/mol. The molecule has 0 unspecified atom stereocenters. The van der Waals surface area contributed by atoms with E-state index < -0.39 is 10.8 Å². The maximum atomic E-state index is 11.5. The third-order valence-electron chi connectivity index (χ3n) is 11.1. The SMILES string of the molecule is COc1cc2c3c(c(CO)cc2c2c1-c1sc(Br)cc1C2(c1ccccc1)c1ccccc1)-c1sc(Br)cc1C3(c1ccccc1)c1ccccc1. The number of thiophene rings is 2. The van der Waals surface area contributed by atoms with Gasteiger partial charge >= 0.3 is 0 Å². The molecule has 6 heteroatoms. The fraction of sp³-hybridized carbons (Fsp3) is 0.0870. The van der Waals surface area contributed by atoms with Crippen LogP contribution in [0.1, 0.15) is 50.1 Å². The Labute approximate surface area is 327 Å². The zero-order valence-corrected chi connectivity index (χ0v) is 32.8. The Kier molecular flexibility index (Phi) is 7.54. The van der Waals surface area contributed by atoms with Crippen molar-refractivity contribution in [1.29, 1.82) is 0 Å². The number of hydrogen-bond donors (Lipinski definition) is 1. The van der Waals surface area contributed by atoms with Crippen molar-refractivity contribution in [3.05, 3.63) is 203 Å². The van der Waals surface area contributed by atoms with E-state index in [2.05, 4.69) is 177 Å². The molecule has 8 aromatic rings. The summed E-state index contributed by atoms with van der Waals surface area (Å²) in [6.45, 7) is -0.0925. The molecular formula is C46H30Br2O2S2. The number of rotatable bonds is 6. The van der Waals surface area contributed by atoms with Crippen LogP contribution < -0.4 is 4.74 Å². The molecule has 0 radical (unpaired) electrons. The molecule has 10 rings (SSSR count). The summed E-state index contributed by atoms with van der Waals surface area (Å²) >= 11 is 11.3. The molecule has 0 amide bonds. The first kappa shape index (κ1) is 32.4. The first-order valence-electron chi connectivity index (χ1n) is 17.2. The van der Waals surface area contributed by atoms with Crippen molar-refractivity contribution in [2.75, 3.05) is 7.11 Å². The topological polar surface area (TPSA) is 29.5 Å². The molecule has 2 aromatic heterocycles. The molecule has 2 aliphatic carbocycles. The number of benzene rings is 6. The Hall–Kier alpha value is -4.30. The lowest BCUT2D eigenvalue weighted by atomic mass is 9.64. The fourth-order valence-electron chi connectivity index (χ4n) is 9.33. The minimum absolute atomic E-state index is 0.0925. The van der Waals surface area contributed by atoms with Crippen molar-refractivity contribution in [3.8, 4) is 26.6 Å². The van der Waals surface area contributed by atoms with Crippen LogP contribution in [-0.4, -0.2) is 12.2 Å². The number of fused-ring (bicyclic) bond motifs is 9. The standard InChI is InChI=1S/C46H30Br2O2S2/c1-50-36-23-33-32(42-40(36)44-35(25-38(48)52-44)46(42,30-18-10-4-11-19-30)31-20-12-5-13-21-31)22-27(26-49)39-41(33)45(28-14-6-2-7-15-28,29-16-8-3-9-17-29)34-24-37(47)51-43(34)39/h2-25,49H,26H2,1H3. The second kappa shape index (κ2) is 12.1. The molecule has 0 spiro atoms. The van der Waals surface area contributed by atoms with E-state index >= 15 is 0 Å². The van der Waals surface area contributed by atoms with Gasteiger partial charge in [-0.05, 0) is 117 Å². The van der Waals surface area contributed by atoms with Crippen molar-refractivity contribution in [2.24, 2.45) is 0 Å². The van der Waals surface area contributed by atoms with E-state index in [1.807, 2.05) is 0 Å². The molecule has 0 bridgehead atoms. The maximum Gasteiger partial charge on any atom is 0.128 e. The summed E-state index contributed by atoms with van der Waals surface area (Å²) in [4.78, 5) is 2.38. The number of hydrogen-bond acceptors (Lipinski definition) is 4. The van der Waals surface area contributed by atoms with Gasteiger partial charge in [-0.1, -0.05) is 121 Å². The lowest BCUT2D eigenvalue weighted by Gasteiger charge is -2.37. The molecule has 0 saturated heterocycles. The number of methoxy groups -OCH3 is 1. The van der Waals surface area contributed by atoms with Crippen molar-refractivity contribution < 1.29 is 9.84 Å². The van der Waals surface area contributed by atoms with Crippen LogP contribution in [0.5, 0.6) is 5.75 Å². The average Bonchev–Trinajstić information content (AvgIpc) is 3.92. The molecule has 6 aromatic carbocycles. The van der Waals surface area contributed by atoms with Gasteiger partial charge in [0.25, 0.3) is 0 Å². The summed E-state index contributed by atoms with van der Waals surface area (Å²) in [6, 6.07) is 52.7. The van der Waals surface area contributed by atoms with Crippen molar-refractivity contribution in [2.45, 2.75) is 17.4 Å². The zero-order chi connectivity index (χ0) is 35.2. The normalized spacial score (nSPS) is 14.5.